The van der Waals surface area contributed by atoms with Crippen molar-refractivity contribution in [3.05, 3.63) is 53.6 Å². The van der Waals surface area contributed by atoms with E-state index in [0.29, 0.717) is 11.7 Å². The van der Waals surface area contributed by atoms with Crippen LogP contribution in [0.4, 0.5) is 0 Å². The first-order valence-electron chi connectivity index (χ1n) is 6.51. The van der Waals surface area contributed by atoms with E-state index in [-0.39, 0.29) is 0 Å². The summed E-state index contributed by atoms with van der Waals surface area (Å²) in [5.74, 6) is 1.23. The van der Waals surface area contributed by atoms with Crippen molar-refractivity contribution in [3.63, 3.8) is 0 Å². The average molecular weight is 267 g/mol. The highest BCUT2D eigenvalue weighted by Gasteiger charge is 2.18. The Bertz CT molecular complexity index is 617. The van der Waals surface area contributed by atoms with Crippen LogP contribution in [0.2, 0.25) is 0 Å². The van der Waals surface area contributed by atoms with Crippen molar-refractivity contribution in [3.8, 4) is 11.8 Å². The molecule has 4 nitrogen and oxygen atoms in total. The van der Waals surface area contributed by atoms with E-state index in [1.54, 1.807) is 25.6 Å². The molecule has 102 valence electrons. The standard InChI is InChI=1S/C16H17N3O/c1-11(2)13-9-12(5-6-15(13)20-3)14(10-17)16-18-7-4-8-19-16/h4-9,11,14H,1-3H3. The first kappa shape index (κ1) is 14.0. The molecule has 1 aromatic heterocycles. The number of nitriles is 1. The van der Waals surface area contributed by atoms with Gasteiger partial charge in [-0.15, -0.1) is 0 Å². The van der Waals surface area contributed by atoms with Gasteiger partial charge in [0, 0.05) is 12.4 Å². The van der Waals surface area contributed by atoms with Crippen molar-refractivity contribution in [2.75, 3.05) is 7.11 Å². The second-order valence-corrected chi connectivity index (χ2v) is 4.83. The van der Waals surface area contributed by atoms with Crippen molar-refractivity contribution >= 4 is 0 Å². The van der Waals surface area contributed by atoms with Crippen molar-refractivity contribution in [1.29, 1.82) is 5.26 Å². The fourth-order valence-electron chi connectivity index (χ4n) is 2.12. The number of hydrogen-bond donors (Lipinski definition) is 0. The van der Waals surface area contributed by atoms with E-state index in [2.05, 4.69) is 29.9 Å². The van der Waals surface area contributed by atoms with Gasteiger partial charge >= 0.3 is 0 Å². The number of hydrogen-bond acceptors (Lipinski definition) is 4. The number of ether oxygens (including phenoxy) is 1. The molecule has 0 amide bonds. The summed E-state index contributed by atoms with van der Waals surface area (Å²) in [6.45, 7) is 4.20. The fraction of sp³-hybridized carbons (Fsp3) is 0.312. The molecule has 0 aliphatic rings. The lowest BCUT2D eigenvalue weighted by molar-refractivity contribution is 0.407. The van der Waals surface area contributed by atoms with Crippen molar-refractivity contribution in [2.45, 2.75) is 25.7 Å². The maximum absolute atomic E-state index is 9.43. The van der Waals surface area contributed by atoms with Gasteiger partial charge in [0.15, 0.2) is 0 Å². The van der Waals surface area contributed by atoms with Gasteiger partial charge < -0.3 is 4.74 Å². The molecule has 0 radical (unpaired) electrons. The summed E-state index contributed by atoms with van der Waals surface area (Å²) < 4.78 is 5.37. The SMILES string of the molecule is COc1ccc(C(C#N)c2ncccn2)cc1C(C)C. The quantitative estimate of drug-likeness (QED) is 0.853. The maximum Gasteiger partial charge on any atom is 0.149 e. The van der Waals surface area contributed by atoms with Crippen LogP contribution in [-0.2, 0) is 0 Å². The summed E-state index contributed by atoms with van der Waals surface area (Å²) in [5, 5.41) is 9.43. The number of aromatic nitrogens is 2. The normalized spacial score (nSPS) is 11.9. The lowest BCUT2D eigenvalue weighted by Gasteiger charge is -2.15. The van der Waals surface area contributed by atoms with E-state index >= 15 is 0 Å². The molecule has 0 N–H and O–H groups in total. The minimum Gasteiger partial charge on any atom is -0.496 e. The zero-order valence-electron chi connectivity index (χ0n) is 11.9. The van der Waals surface area contributed by atoms with Gasteiger partial charge in [0.1, 0.15) is 17.5 Å². The molecular formula is C16H17N3O. The molecule has 0 bridgehead atoms. The highest BCUT2D eigenvalue weighted by Crippen LogP contribution is 2.31. The van der Waals surface area contributed by atoms with Crippen LogP contribution in [-0.4, -0.2) is 17.1 Å². The summed E-state index contributed by atoms with van der Waals surface area (Å²) >= 11 is 0. The van der Waals surface area contributed by atoms with Crippen LogP contribution in [0.5, 0.6) is 5.75 Å². The van der Waals surface area contributed by atoms with Crippen LogP contribution in [0.25, 0.3) is 0 Å². The number of nitrogens with zero attached hydrogens (tertiary/aromatic N) is 3. The predicted molar refractivity (Wildman–Crippen MR) is 76.6 cm³/mol. The van der Waals surface area contributed by atoms with E-state index in [9.17, 15) is 5.26 Å². The highest BCUT2D eigenvalue weighted by atomic mass is 16.5. The molecule has 0 aliphatic heterocycles. The lowest BCUT2D eigenvalue weighted by Crippen LogP contribution is -2.05. The zero-order valence-corrected chi connectivity index (χ0v) is 11.9. The monoisotopic (exact) mass is 267 g/mol. The van der Waals surface area contributed by atoms with Crippen LogP contribution in [0.3, 0.4) is 0 Å². The molecule has 0 spiro atoms. The van der Waals surface area contributed by atoms with E-state index in [1.165, 1.54) is 0 Å². The second kappa shape index (κ2) is 6.16. The van der Waals surface area contributed by atoms with Gasteiger partial charge in [0.2, 0.25) is 0 Å². The Balaban J connectivity index is 2.47. The maximum atomic E-state index is 9.43. The van der Waals surface area contributed by atoms with E-state index in [4.69, 9.17) is 4.74 Å². The van der Waals surface area contributed by atoms with Crippen LogP contribution in [0.1, 0.15) is 42.6 Å². The third-order valence-corrected chi connectivity index (χ3v) is 3.18. The molecule has 2 aromatic rings. The molecule has 4 heteroatoms. The van der Waals surface area contributed by atoms with Crippen LogP contribution in [0.15, 0.2) is 36.7 Å². The lowest BCUT2D eigenvalue weighted by atomic mass is 9.93. The minimum absolute atomic E-state index is 0.320. The topological polar surface area (TPSA) is 58.8 Å². The molecule has 0 saturated heterocycles. The predicted octanol–water partition coefficient (Wildman–Crippen LogP) is 3.26. The van der Waals surface area contributed by atoms with Crippen molar-refractivity contribution < 1.29 is 4.74 Å². The van der Waals surface area contributed by atoms with E-state index in [1.807, 2.05) is 18.2 Å². The van der Waals surface area contributed by atoms with Crippen molar-refractivity contribution in [1.82, 2.24) is 9.97 Å². The average Bonchev–Trinajstić information content (AvgIpc) is 2.49. The third-order valence-electron chi connectivity index (χ3n) is 3.18. The highest BCUT2D eigenvalue weighted by molar-refractivity contribution is 5.43. The molecule has 0 fully saturated rings. The van der Waals surface area contributed by atoms with Gasteiger partial charge in [0.05, 0.1) is 13.2 Å². The summed E-state index contributed by atoms with van der Waals surface area (Å²) in [4.78, 5) is 8.36. The smallest absolute Gasteiger partial charge is 0.149 e. The van der Waals surface area contributed by atoms with Gasteiger partial charge in [-0.05, 0) is 29.2 Å². The molecule has 2 rings (SSSR count). The van der Waals surface area contributed by atoms with Crippen LogP contribution >= 0.6 is 0 Å². The second-order valence-electron chi connectivity index (χ2n) is 4.83. The van der Waals surface area contributed by atoms with E-state index < -0.39 is 5.92 Å². The molecule has 0 saturated carbocycles. The molecule has 1 heterocycles. The van der Waals surface area contributed by atoms with Gasteiger partial charge in [-0.25, -0.2) is 9.97 Å². The first-order chi connectivity index (χ1) is 9.67. The Hall–Kier alpha value is -2.41. The largest absolute Gasteiger partial charge is 0.496 e. The fourth-order valence-corrected chi connectivity index (χ4v) is 2.12. The molecule has 1 atom stereocenters. The Morgan fingerprint density at radius 2 is 1.90 bits per heavy atom. The molecule has 1 unspecified atom stereocenters. The third kappa shape index (κ3) is 2.77. The van der Waals surface area contributed by atoms with Gasteiger partial charge in [-0.2, -0.15) is 5.26 Å². The Morgan fingerprint density at radius 3 is 2.45 bits per heavy atom. The van der Waals surface area contributed by atoms with Gasteiger partial charge in [-0.3, -0.25) is 0 Å². The number of benzene rings is 1. The van der Waals surface area contributed by atoms with Crippen LogP contribution in [0, 0.1) is 11.3 Å². The van der Waals surface area contributed by atoms with Gasteiger partial charge in [-0.1, -0.05) is 26.0 Å². The van der Waals surface area contributed by atoms with Crippen LogP contribution < -0.4 is 4.74 Å². The minimum atomic E-state index is -0.459. The first-order valence-corrected chi connectivity index (χ1v) is 6.51. The van der Waals surface area contributed by atoms with Gasteiger partial charge in [0.25, 0.3) is 0 Å². The Kier molecular flexibility index (Phi) is 4.31. The number of methoxy groups -OCH3 is 1. The summed E-state index contributed by atoms with van der Waals surface area (Å²) in [5.41, 5.74) is 1.98. The molecule has 20 heavy (non-hydrogen) atoms. The summed E-state index contributed by atoms with van der Waals surface area (Å²) in [6, 6.07) is 9.82. The number of rotatable bonds is 4. The van der Waals surface area contributed by atoms with Crippen molar-refractivity contribution in [2.24, 2.45) is 0 Å². The summed E-state index contributed by atoms with van der Waals surface area (Å²) in [6.07, 6.45) is 3.30. The molecular weight excluding hydrogens is 250 g/mol. The molecule has 0 aliphatic carbocycles. The van der Waals surface area contributed by atoms with E-state index in [0.717, 1.165) is 16.9 Å². The molecule has 1 aromatic carbocycles. The Labute approximate surface area is 119 Å². The zero-order chi connectivity index (χ0) is 14.5. The Morgan fingerprint density at radius 1 is 1.20 bits per heavy atom. The summed E-state index contributed by atoms with van der Waals surface area (Å²) in [7, 11) is 1.66.